The molecule has 2 N–H and O–H groups in total. The molecule has 1 atom stereocenters. The van der Waals surface area contributed by atoms with Gasteiger partial charge in [0.05, 0.1) is 5.54 Å². The van der Waals surface area contributed by atoms with E-state index in [2.05, 4.69) is 6.58 Å². The Bertz CT molecular complexity index is 127. The van der Waals surface area contributed by atoms with Gasteiger partial charge in [0.1, 0.15) is 0 Å². The maximum atomic E-state index is 10.8. The Morgan fingerprint density at radius 1 is 1.89 bits per heavy atom. The van der Waals surface area contributed by atoms with E-state index in [0.29, 0.717) is 6.42 Å². The third-order valence-corrected chi connectivity index (χ3v) is 1.48. The molecular weight excluding hydrogens is 114 g/mol. The molecule has 1 unspecified atom stereocenters. The van der Waals surface area contributed by atoms with Gasteiger partial charge in [0.25, 0.3) is 0 Å². The molecule has 0 aromatic carbocycles. The molecule has 9 heavy (non-hydrogen) atoms. The minimum Gasteiger partial charge on any atom is -0.319 e. The highest BCUT2D eigenvalue weighted by atomic mass is 16.1. The van der Waals surface area contributed by atoms with Gasteiger partial charge in [0, 0.05) is 0 Å². The van der Waals surface area contributed by atoms with E-state index in [1.807, 2.05) is 6.92 Å². The Hall–Kier alpha value is -0.630. The maximum absolute atomic E-state index is 10.8. The molecule has 0 aliphatic carbocycles. The van der Waals surface area contributed by atoms with Crippen LogP contribution >= 0.6 is 0 Å². The number of carbonyl (C=O) groups is 1. The molecule has 0 aliphatic rings. The molecule has 0 amide bonds. The molecule has 0 bridgehead atoms. The van der Waals surface area contributed by atoms with Crippen LogP contribution in [0.5, 0.6) is 0 Å². The molecule has 2 nitrogen and oxygen atoms in total. The van der Waals surface area contributed by atoms with Crippen molar-refractivity contribution in [1.29, 1.82) is 0 Å². The molecule has 0 saturated heterocycles. The minimum atomic E-state index is -0.707. The van der Waals surface area contributed by atoms with Crippen molar-refractivity contribution in [2.75, 3.05) is 0 Å². The zero-order chi connectivity index (χ0) is 7.49. The van der Waals surface area contributed by atoms with Crippen molar-refractivity contribution >= 4 is 5.78 Å². The second-order valence-corrected chi connectivity index (χ2v) is 2.34. The molecular formula is C7H13NO. The number of hydrogen-bond acceptors (Lipinski definition) is 2. The Labute approximate surface area is 55.7 Å². The van der Waals surface area contributed by atoms with Gasteiger partial charge in [-0.25, -0.2) is 0 Å². The first kappa shape index (κ1) is 8.37. The van der Waals surface area contributed by atoms with Crippen molar-refractivity contribution in [3.63, 3.8) is 0 Å². The zero-order valence-electron chi connectivity index (χ0n) is 5.98. The lowest BCUT2D eigenvalue weighted by Gasteiger charge is -2.17. The Morgan fingerprint density at radius 2 is 2.33 bits per heavy atom. The standard InChI is InChI=1S/C7H13NO/c1-4-6(9)7(3,8)5-2/h4H,1,5,8H2,2-3H3. The normalized spacial score (nSPS) is 16.3. The van der Waals surface area contributed by atoms with E-state index in [0.717, 1.165) is 0 Å². The van der Waals surface area contributed by atoms with E-state index in [1.54, 1.807) is 6.92 Å². The molecule has 0 fully saturated rings. The Morgan fingerprint density at radius 3 is 2.44 bits per heavy atom. The summed E-state index contributed by atoms with van der Waals surface area (Å²) in [5.74, 6) is -0.0926. The lowest BCUT2D eigenvalue weighted by molar-refractivity contribution is -0.119. The fourth-order valence-corrected chi connectivity index (χ4v) is 0.407. The zero-order valence-corrected chi connectivity index (χ0v) is 5.98. The first-order valence-corrected chi connectivity index (χ1v) is 3.00. The van der Waals surface area contributed by atoms with Gasteiger partial charge in [-0.2, -0.15) is 0 Å². The SMILES string of the molecule is C=CC(=O)C(C)(N)CC. The van der Waals surface area contributed by atoms with E-state index in [-0.39, 0.29) is 5.78 Å². The van der Waals surface area contributed by atoms with Crippen LogP contribution in [0.3, 0.4) is 0 Å². The highest BCUT2D eigenvalue weighted by molar-refractivity contribution is 5.96. The van der Waals surface area contributed by atoms with Crippen LogP contribution in [0.15, 0.2) is 12.7 Å². The summed E-state index contributed by atoms with van der Waals surface area (Å²) in [6.07, 6.45) is 1.92. The second kappa shape index (κ2) is 2.78. The molecule has 0 aromatic rings. The fraction of sp³-hybridized carbons (Fsp3) is 0.571. The van der Waals surface area contributed by atoms with Gasteiger partial charge in [-0.1, -0.05) is 13.5 Å². The largest absolute Gasteiger partial charge is 0.319 e. The van der Waals surface area contributed by atoms with Crippen molar-refractivity contribution in [3.05, 3.63) is 12.7 Å². The maximum Gasteiger partial charge on any atom is 0.174 e. The Balaban J connectivity index is 4.13. The lowest BCUT2D eigenvalue weighted by atomic mass is 9.95. The third kappa shape index (κ3) is 1.98. The minimum absolute atomic E-state index is 0.0926. The van der Waals surface area contributed by atoms with Crippen LogP contribution in [0.1, 0.15) is 20.3 Å². The summed E-state index contributed by atoms with van der Waals surface area (Å²) < 4.78 is 0. The highest BCUT2D eigenvalue weighted by Crippen LogP contribution is 2.05. The average Bonchev–Trinajstić information content (AvgIpc) is 1.86. The summed E-state index contributed by atoms with van der Waals surface area (Å²) in [6.45, 7) is 6.93. The third-order valence-electron chi connectivity index (χ3n) is 1.48. The Kier molecular flexibility index (Phi) is 2.59. The summed E-state index contributed by atoms with van der Waals surface area (Å²) in [6, 6.07) is 0. The summed E-state index contributed by atoms with van der Waals surface area (Å²) in [4.78, 5) is 10.8. The van der Waals surface area contributed by atoms with Gasteiger partial charge < -0.3 is 5.73 Å². The molecule has 0 spiro atoms. The molecule has 0 aliphatic heterocycles. The van der Waals surface area contributed by atoms with Crippen molar-refractivity contribution < 1.29 is 4.79 Å². The molecule has 2 heteroatoms. The van der Waals surface area contributed by atoms with E-state index < -0.39 is 5.54 Å². The van der Waals surface area contributed by atoms with Gasteiger partial charge in [-0.3, -0.25) is 4.79 Å². The van der Waals surface area contributed by atoms with Crippen molar-refractivity contribution in [3.8, 4) is 0 Å². The van der Waals surface area contributed by atoms with Crippen LogP contribution in [-0.4, -0.2) is 11.3 Å². The van der Waals surface area contributed by atoms with Gasteiger partial charge >= 0.3 is 0 Å². The number of carbonyl (C=O) groups excluding carboxylic acids is 1. The summed E-state index contributed by atoms with van der Waals surface area (Å²) >= 11 is 0. The molecule has 52 valence electrons. The van der Waals surface area contributed by atoms with Crippen LogP contribution < -0.4 is 5.73 Å². The van der Waals surface area contributed by atoms with E-state index in [1.165, 1.54) is 6.08 Å². The van der Waals surface area contributed by atoms with Crippen LogP contribution in [0.2, 0.25) is 0 Å². The second-order valence-electron chi connectivity index (χ2n) is 2.34. The van der Waals surface area contributed by atoms with Gasteiger partial charge in [-0.05, 0) is 19.4 Å². The van der Waals surface area contributed by atoms with Crippen LogP contribution in [0.4, 0.5) is 0 Å². The average molecular weight is 127 g/mol. The molecule has 0 aromatic heterocycles. The topological polar surface area (TPSA) is 43.1 Å². The number of hydrogen-bond donors (Lipinski definition) is 1. The first-order chi connectivity index (χ1) is 4.04. The fourth-order valence-electron chi connectivity index (χ4n) is 0.407. The van der Waals surface area contributed by atoms with Crippen LogP contribution in [0, 0.1) is 0 Å². The quantitative estimate of drug-likeness (QED) is 0.571. The van der Waals surface area contributed by atoms with E-state index >= 15 is 0 Å². The van der Waals surface area contributed by atoms with Gasteiger partial charge in [0.2, 0.25) is 0 Å². The molecule has 0 saturated carbocycles. The smallest absolute Gasteiger partial charge is 0.174 e. The van der Waals surface area contributed by atoms with Crippen molar-refractivity contribution in [2.45, 2.75) is 25.8 Å². The number of rotatable bonds is 3. The highest BCUT2D eigenvalue weighted by Gasteiger charge is 2.22. The van der Waals surface area contributed by atoms with Gasteiger partial charge in [-0.15, -0.1) is 0 Å². The monoisotopic (exact) mass is 127 g/mol. The summed E-state index contributed by atoms with van der Waals surface area (Å²) in [5.41, 5.74) is 4.84. The number of ketones is 1. The van der Waals surface area contributed by atoms with Crippen molar-refractivity contribution in [1.82, 2.24) is 0 Å². The van der Waals surface area contributed by atoms with E-state index in [4.69, 9.17) is 5.73 Å². The molecule has 0 heterocycles. The van der Waals surface area contributed by atoms with Crippen molar-refractivity contribution in [2.24, 2.45) is 5.73 Å². The first-order valence-electron chi connectivity index (χ1n) is 3.00. The summed E-state index contributed by atoms with van der Waals surface area (Å²) in [5, 5.41) is 0. The number of nitrogens with two attached hydrogens (primary N) is 1. The van der Waals surface area contributed by atoms with Gasteiger partial charge in [0.15, 0.2) is 5.78 Å². The summed E-state index contributed by atoms with van der Waals surface area (Å²) in [7, 11) is 0. The van der Waals surface area contributed by atoms with Crippen LogP contribution in [0.25, 0.3) is 0 Å². The predicted octanol–water partition coefficient (Wildman–Crippen LogP) is 0.869. The lowest BCUT2D eigenvalue weighted by Crippen LogP contribution is -2.42. The molecule has 0 rings (SSSR count). The molecule has 0 radical (unpaired) electrons. The predicted molar refractivity (Wildman–Crippen MR) is 38.1 cm³/mol. The van der Waals surface area contributed by atoms with Crippen LogP contribution in [-0.2, 0) is 4.79 Å². The van der Waals surface area contributed by atoms with E-state index in [9.17, 15) is 4.79 Å².